The summed E-state index contributed by atoms with van der Waals surface area (Å²) >= 11 is 0. The molecule has 5 nitrogen and oxygen atoms in total. The van der Waals surface area contributed by atoms with Crippen molar-refractivity contribution in [2.24, 2.45) is 5.73 Å². The topological polar surface area (TPSA) is 83.8 Å². The van der Waals surface area contributed by atoms with E-state index in [1.54, 1.807) is 12.3 Å². The van der Waals surface area contributed by atoms with Crippen LogP contribution in [0.5, 0.6) is 0 Å². The second-order valence-corrected chi connectivity index (χ2v) is 3.39. The highest BCUT2D eigenvalue weighted by atomic mass is 16.1. The second kappa shape index (κ2) is 5.39. The molecular weight excluding hydrogens is 180 g/mol. The lowest BCUT2D eigenvalue weighted by Gasteiger charge is -2.04. The van der Waals surface area contributed by atoms with Crippen molar-refractivity contribution in [3.8, 4) is 0 Å². The first-order chi connectivity index (χ1) is 6.68. The minimum atomic E-state index is -0.00472. The number of aromatic nitrogens is 2. The van der Waals surface area contributed by atoms with Crippen molar-refractivity contribution < 1.29 is 4.79 Å². The number of carbonyl (C=O) groups is 1. The molecule has 0 aliphatic rings. The van der Waals surface area contributed by atoms with Crippen molar-refractivity contribution in [2.45, 2.75) is 32.2 Å². The van der Waals surface area contributed by atoms with Gasteiger partial charge in [-0.25, -0.2) is 0 Å². The predicted molar refractivity (Wildman–Crippen MR) is 54.7 cm³/mol. The monoisotopic (exact) mass is 196 g/mol. The third-order valence-corrected chi connectivity index (χ3v) is 1.84. The molecule has 1 aromatic heterocycles. The smallest absolute Gasteiger partial charge is 0.225 e. The largest absolute Gasteiger partial charge is 0.328 e. The maximum absolute atomic E-state index is 11.3. The van der Waals surface area contributed by atoms with Crippen molar-refractivity contribution in [3.05, 3.63) is 12.3 Å². The number of nitrogens with zero attached hydrogens (tertiary/aromatic N) is 1. The molecule has 0 saturated carbocycles. The van der Waals surface area contributed by atoms with Gasteiger partial charge in [0.05, 0.1) is 6.20 Å². The highest BCUT2D eigenvalue weighted by molar-refractivity contribution is 5.89. The molecule has 4 N–H and O–H groups in total. The molecule has 1 heterocycles. The van der Waals surface area contributed by atoms with Gasteiger partial charge < -0.3 is 11.1 Å². The van der Waals surface area contributed by atoms with Crippen LogP contribution < -0.4 is 11.1 Å². The maximum Gasteiger partial charge on any atom is 0.225 e. The zero-order valence-electron chi connectivity index (χ0n) is 8.29. The fraction of sp³-hybridized carbons (Fsp3) is 0.556. The molecule has 0 radical (unpaired) electrons. The summed E-state index contributed by atoms with van der Waals surface area (Å²) in [5.41, 5.74) is 5.57. The first-order valence-electron chi connectivity index (χ1n) is 4.73. The van der Waals surface area contributed by atoms with E-state index in [-0.39, 0.29) is 11.9 Å². The number of carbonyl (C=O) groups excluding carboxylic acids is 1. The van der Waals surface area contributed by atoms with Crippen LogP contribution in [-0.4, -0.2) is 22.1 Å². The summed E-state index contributed by atoms with van der Waals surface area (Å²) < 4.78 is 0. The molecule has 1 rings (SSSR count). The van der Waals surface area contributed by atoms with E-state index < -0.39 is 0 Å². The Morgan fingerprint density at radius 2 is 2.57 bits per heavy atom. The quantitative estimate of drug-likeness (QED) is 0.653. The SMILES string of the molecule is CC(N)CCCC(=O)Nc1ccn[nH]1. The zero-order valence-corrected chi connectivity index (χ0v) is 8.29. The Labute approximate surface area is 83.1 Å². The molecule has 78 valence electrons. The van der Waals surface area contributed by atoms with Gasteiger partial charge in [-0.15, -0.1) is 0 Å². The fourth-order valence-corrected chi connectivity index (χ4v) is 1.12. The molecule has 14 heavy (non-hydrogen) atoms. The Kier molecular flexibility index (Phi) is 4.12. The van der Waals surface area contributed by atoms with Gasteiger partial charge in [0.25, 0.3) is 0 Å². The summed E-state index contributed by atoms with van der Waals surface area (Å²) in [6.07, 6.45) is 3.78. The lowest BCUT2D eigenvalue weighted by Crippen LogP contribution is -2.16. The van der Waals surface area contributed by atoms with E-state index in [1.165, 1.54) is 0 Å². The van der Waals surface area contributed by atoms with Gasteiger partial charge >= 0.3 is 0 Å². The fourth-order valence-electron chi connectivity index (χ4n) is 1.12. The van der Waals surface area contributed by atoms with Crippen LogP contribution in [0.4, 0.5) is 5.82 Å². The number of amides is 1. The van der Waals surface area contributed by atoms with E-state index in [0.29, 0.717) is 12.2 Å². The highest BCUT2D eigenvalue weighted by Gasteiger charge is 2.03. The third kappa shape index (κ3) is 4.04. The first kappa shape index (κ1) is 10.7. The molecule has 0 aliphatic carbocycles. The van der Waals surface area contributed by atoms with Crippen molar-refractivity contribution in [1.82, 2.24) is 10.2 Å². The van der Waals surface area contributed by atoms with Crippen molar-refractivity contribution >= 4 is 11.7 Å². The van der Waals surface area contributed by atoms with Crippen LogP contribution in [0.2, 0.25) is 0 Å². The van der Waals surface area contributed by atoms with Crippen LogP contribution >= 0.6 is 0 Å². The number of nitrogens with one attached hydrogen (secondary N) is 2. The number of aromatic amines is 1. The Morgan fingerprint density at radius 3 is 3.14 bits per heavy atom. The van der Waals surface area contributed by atoms with Crippen LogP contribution in [0.3, 0.4) is 0 Å². The van der Waals surface area contributed by atoms with Gasteiger partial charge in [0.15, 0.2) is 0 Å². The molecule has 5 heteroatoms. The Hall–Kier alpha value is -1.36. The van der Waals surface area contributed by atoms with Crippen molar-refractivity contribution in [1.29, 1.82) is 0 Å². The van der Waals surface area contributed by atoms with Gasteiger partial charge in [-0.2, -0.15) is 5.10 Å². The number of anilines is 1. The van der Waals surface area contributed by atoms with E-state index in [4.69, 9.17) is 5.73 Å². The second-order valence-electron chi connectivity index (χ2n) is 3.39. The molecule has 1 atom stereocenters. The lowest BCUT2D eigenvalue weighted by molar-refractivity contribution is -0.116. The van der Waals surface area contributed by atoms with Gasteiger partial charge in [0, 0.05) is 18.5 Å². The zero-order chi connectivity index (χ0) is 10.4. The lowest BCUT2D eigenvalue weighted by atomic mass is 10.1. The first-order valence-corrected chi connectivity index (χ1v) is 4.73. The number of hydrogen-bond acceptors (Lipinski definition) is 3. The maximum atomic E-state index is 11.3. The van der Waals surface area contributed by atoms with Crippen molar-refractivity contribution in [2.75, 3.05) is 5.32 Å². The van der Waals surface area contributed by atoms with E-state index >= 15 is 0 Å². The van der Waals surface area contributed by atoms with Gasteiger partial charge in [0.1, 0.15) is 5.82 Å². The molecule has 0 fully saturated rings. The van der Waals surface area contributed by atoms with Gasteiger partial charge in [-0.1, -0.05) is 0 Å². The normalized spacial score (nSPS) is 12.4. The third-order valence-electron chi connectivity index (χ3n) is 1.84. The summed E-state index contributed by atoms with van der Waals surface area (Å²) in [4.78, 5) is 11.3. The van der Waals surface area contributed by atoms with Crippen LogP contribution in [0.15, 0.2) is 12.3 Å². The van der Waals surface area contributed by atoms with Crippen LogP contribution in [0, 0.1) is 0 Å². The average Bonchev–Trinajstić information content (AvgIpc) is 2.56. The highest BCUT2D eigenvalue weighted by Crippen LogP contribution is 2.03. The summed E-state index contributed by atoms with van der Waals surface area (Å²) in [5, 5.41) is 9.08. The summed E-state index contributed by atoms with van der Waals surface area (Å²) in [6, 6.07) is 1.87. The predicted octanol–water partition coefficient (Wildman–Crippen LogP) is 0.866. The number of rotatable bonds is 5. The molecule has 0 spiro atoms. The standard InChI is InChI=1S/C9H16N4O/c1-7(10)3-2-4-9(14)12-8-5-6-11-13-8/h5-7H,2-4,10H2,1H3,(H2,11,12,13,14). The summed E-state index contributed by atoms with van der Waals surface area (Å²) in [7, 11) is 0. The Balaban J connectivity index is 2.17. The van der Waals surface area contributed by atoms with Crippen LogP contribution in [-0.2, 0) is 4.79 Å². The molecular formula is C9H16N4O. The molecule has 0 aromatic carbocycles. The average molecular weight is 196 g/mol. The van der Waals surface area contributed by atoms with E-state index in [0.717, 1.165) is 12.8 Å². The Bertz CT molecular complexity index is 268. The molecule has 0 bridgehead atoms. The van der Waals surface area contributed by atoms with E-state index in [2.05, 4.69) is 15.5 Å². The molecule has 0 saturated heterocycles. The summed E-state index contributed by atoms with van der Waals surface area (Å²) in [5.74, 6) is 0.630. The number of nitrogens with two attached hydrogens (primary N) is 1. The molecule has 0 aliphatic heterocycles. The molecule has 1 aromatic rings. The van der Waals surface area contributed by atoms with Gasteiger partial charge in [0.2, 0.25) is 5.91 Å². The molecule has 1 amide bonds. The van der Waals surface area contributed by atoms with E-state index in [9.17, 15) is 4.79 Å². The minimum absolute atomic E-state index is 0.00472. The number of hydrogen-bond donors (Lipinski definition) is 3. The summed E-state index contributed by atoms with van der Waals surface area (Å²) in [6.45, 7) is 1.94. The van der Waals surface area contributed by atoms with Crippen molar-refractivity contribution in [3.63, 3.8) is 0 Å². The van der Waals surface area contributed by atoms with Gasteiger partial charge in [-0.3, -0.25) is 9.89 Å². The van der Waals surface area contributed by atoms with Gasteiger partial charge in [-0.05, 0) is 19.8 Å². The number of H-pyrrole nitrogens is 1. The van der Waals surface area contributed by atoms with Crippen LogP contribution in [0.1, 0.15) is 26.2 Å². The molecule has 1 unspecified atom stereocenters. The van der Waals surface area contributed by atoms with Crippen LogP contribution in [0.25, 0.3) is 0 Å². The minimum Gasteiger partial charge on any atom is -0.328 e. The van der Waals surface area contributed by atoms with E-state index in [1.807, 2.05) is 6.92 Å². The Morgan fingerprint density at radius 1 is 1.79 bits per heavy atom.